The Morgan fingerprint density at radius 1 is 0.258 bits per heavy atom. The van der Waals surface area contributed by atoms with Crippen LogP contribution in [-0.2, 0) is 5.41 Å². The lowest BCUT2D eigenvalue weighted by atomic mass is 9.70. The lowest BCUT2D eigenvalue weighted by molar-refractivity contribution is 0.794. The van der Waals surface area contributed by atoms with E-state index in [1.807, 2.05) is 0 Å². The third-order valence-electron chi connectivity index (χ3n) is 14.1. The zero-order valence-electron chi connectivity index (χ0n) is 36.3. The fourth-order valence-electron chi connectivity index (χ4n) is 11.4. The van der Waals surface area contributed by atoms with Gasteiger partial charge in [0.2, 0.25) is 0 Å². The van der Waals surface area contributed by atoms with Crippen LogP contribution < -0.4 is 4.90 Å². The van der Waals surface area contributed by atoms with Crippen LogP contribution >= 0.6 is 0 Å². The molecule has 2 aliphatic rings. The fourth-order valence-corrected chi connectivity index (χ4v) is 11.4. The van der Waals surface area contributed by atoms with E-state index in [0.717, 1.165) is 17.1 Å². The van der Waals surface area contributed by atoms with E-state index >= 15 is 0 Å². The molecule has 0 atom stereocenters. The van der Waals surface area contributed by atoms with Crippen molar-refractivity contribution in [3.05, 3.63) is 283 Å². The van der Waals surface area contributed by atoms with E-state index in [4.69, 9.17) is 0 Å². The molecule has 1 nitrogen and oxygen atoms in total. The second kappa shape index (κ2) is 15.3. The topological polar surface area (TPSA) is 3.24 Å². The Balaban J connectivity index is 1.15. The SMILES string of the molecule is c1ccc(-c2ccccc2-c2c(-c3ccccc3)cccc2N(c2cccc(-c3cccc4ccccc34)c2)c2cccc3c2-c2ccccc2C32c3ccccc3-c3ccccc32)cc1. The molecular formula is C65H43N. The Morgan fingerprint density at radius 2 is 0.697 bits per heavy atom. The predicted octanol–water partition coefficient (Wildman–Crippen LogP) is 17.3. The Morgan fingerprint density at radius 3 is 1.41 bits per heavy atom. The normalized spacial score (nSPS) is 12.7. The van der Waals surface area contributed by atoms with Gasteiger partial charge in [-0.15, -0.1) is 0 Å². The quantitative estimate of drug-likeness (QED) is 0.155. The molecular weight excluding hydrogens is 795 g/mol. The van der Waals surface area contributed by atoms with E-state index in [0.29, 0.717) is 0 Å². The molecule has 0 aliphatic heterocycles. The number of fused-ring (bicyclic) bond motifs is 11. The maximum Gasteiger partial charge on any atom is 0.0726 e. The minimum absolute atomic E-state index is 0.486. The fraction of sp³-hybridized carbons (Fsp3) is 0.0154. The Kier molecular flexibility index (Phi) is 8.82. The monoisotopic (exact) mass is 837 g/mol. The summed E-state index contributed by atoms with van der Waals surface area (Å²) >= 11 is 0. The van der Waals surface area contributed by atoms with Crippen LogP contribution in [-0.4, -0.2) is 0 Å². The van der Waals surface area contributed by atoms with E-state index in [9.17, 15) is 0 Å². The van der Waals surface area contributed by atoms with Gasteiger partial charge in [0, 0.05) is 16.8 Å². The van der Waals surface area contributed by atoms with E-state index in [1.54, 1.807) is 0 Å². The van der Waals surface area contributed by atoms with Gasteiger partial charge in [0.05, 0.1) is 16.8 Å². The standard InChI is InChI=1S/C65H43N/c1-3-21-44(22-4-1)50-30-9-10-33-55(50)63-52(46-23-5-2-6-24-46)36-19-41-61(63)66(48-28-17-27-47(43-48)51-35-18-26-45-25-7-8-29-49(45)51)62-42-20-40-60-64(62)56-34-13-16-39-59(56)65(60)57-37-14-11-31-53(57)54-32-12-15-38-58(54)65/h1-43H. The molecule has 11 aromatic rings. The second-order valence-corrected chi connectivity index (χ2v) is 17.5. The molecule has 308 valence electrons. The number of benzene rings is 11. The van der Waals surface area contributed by atoms with Crippen molar-refractivity contribution in [1.29, 1.82) is 0 Å². The zero-order valence-corrected chi connectivity index (χ0v) is 36.3. The molecule has 1 spiro atoms. The molecule has 0 saturated heterocycles. The second-order valence-electron chi connectivity index (χ2n) is 17.5. The first-order valence-corrected chi connectivity index (χ1v) is 22.9. The van der Waals surface area contributed by atoms with Crippen LogP contribution in [0.5, 0.6) is 0 Å². The summed E-state index contributed by atoms with van der Waals surface area (Å²) in [6.07, 6.45) is 0. The van der Waals surface area contributed by atoms with Crippen LogP contribution in [0.1, 0.15) is 22.3 Å². The average molecular weight is 838 g/mol. The minimum Gasteiger partial charge on any atom is -0.309 e. The maximum absolute atomic E-state index is 2.57. The molecule has 0 saturated carbocycles. The lowest BCUT2D eigenvalue weighted by Gasteiger charge is -2.33. The zero-order chi connectivity index (χ0) is 43.6. The van der Waals surface area contributed by atoms with Gasteiger partial charge >= 0.3 is 0 Å². The summed E-state index contributed by atoms with van der Waals surface area (Å²) < 4.78 is 0. The molecule has 0 bridgehead atoms. The van der Waals surface area contributed by atoms with Gasteiger partial charge in [0.25, 0.3) is 0 Å². The number of anilines is 3. The van der Waals surface area contributed by atoms with Gasteiger partial charge in [-0.25, -0.2) is 0 Å². The highest BCUT2D eigenvalue weighted by Crippen LogP contribution is 2.65. The number of nitrogens with zero attached hydrogens (tertiary/aromatic N) is 1. The van der Waals surface area contributed by atoms with Crippen molar-refractivity contribution in [2.75, 3.05) is 4.90 Å². The van der Waals surface area contributed by atoms with Crippen LogP contribution in [0.4, 0.5) is 17.1 Å². The highest BCUT2D eigenvalue weighted by atomic mass is 15.1. The number of hydrogen-bond donors (Lipinski definition) is 0. The van der Waals surface area contributed by atoms with Crippen molar-refractivity contribution >= 4 is 27.8 Å². The molecule has 1 heteroatoms. The van der Waals surface area contributed by atoms with E-state index in [-0.39, 0.29) is 0 Å². The van der Waals surface area contributed by atoms with Crippen molar-refractivity contribution in [2.24, 2.45) is 0 Å². The molecule has 13 rings (SSSR count). The molecule has 0 N–H and O–H groups in total. The summed E-state index contributed by atoms with van der Waals surface area (Å²) in [5.74, 6) is 0. The molecule has 11 aromatic carbocycles. The van der Waals surface area contributed by atoms with Crippen LogP contribution in [0.2, 0.25) is 0 Å². The molecule has 2 aliphatic carbocycles. The Bertz CT molecular complexity index is 3610. The summed E-state index contributed by atoms with van der Waals surface area (Å²) in [6, 6.07) is 96.5. The predicted molar refractivity (Wildman–Crippen MR) is 277 cm³/mol. The number of hydrogen-bond acceptors (Lipinski definition) is 1. The van der Waals surface area contributed by atoms with Crippen LogP contribution in [0.15, 0.2) is 261 Å². The Labute approximate surface area is 386 Å². The van der Waals surface area contributed by atoms with Gasteiger partial charge in [0.15, 0.2) is 0 Å². The number of rotatable bonds is 7. The van der Waals surface area contributed by atoms with Gasteiger partial charge in [-0.1, -0.05) is 237 Å². The summed E-state index contributed by atoms with van der Waals surface area (Å²) in [4.78, 5) is 2.57. The Hall–Kier alpha value is -8.52. The van der Waals surface area contributed by atoms with Crippen molar-refractivity contribution < 1.29 is 0 Å². The first-order chi connectivity index (χ1) is 32.8. The van der Waals surface area contributed by atoms with Crippen LogP contribution in [0, 0.1) is 0 Å². The molecule has 0 aromatic heterocycles. The largest absolute Gasteiger partial charge is 0.309 e. The van der Waals surface area contributed by atoms with Crippen molar-refractivity contribution in [3.8, 4) is 66.8 Å². The maximum atomic E-state index is 2.57. The molecule has 66 heavy (non-hydrogen) atoms. The van der Waals surface area contributed by atoms with Crippen LogP contribution in [0.25, 0.3) is 77.5 Å². The first kappa shape index (κ1) is 38.0. The molecule has 0 unspecified atom stereocenters. The van der Waals surface area contributed by atoms with Gasteiger partial charge in [-0.2, -0.15) is 0 Å². The van der Waals surface area contributed by atoms with Crippen LogP contribution in [0.3, 0.4) is 0 Å². The van der Waals surface area contributed by atoms with Crippen molar-refractivity contribution in [3.63, 3.8) is 0 Å². The minimum atomic E-state index is -0.486. The van der Waals surface area contributed by atoms with Gasteiger partial charge < -0.3 is 4.90 Å². The summed E-state index contributed by atoms with van der Waals surface area (Å²) in [7, 11) is 0. The van der Waals surface area contributed by atoms with Crippen molar-refractivity contribution in [1.82, 2.24) is 0 Å². The summed E-state index contributed by atoms with van der Waals surface area (Å²) in [5, 5.41) is 2.47. The average Bonchev–Trinajstić information content (AvgIpc) is 3.87. The smallest absolute Gasteiger partial charge is 0.0726 e. The highest BCUT2D eigenvalue weighted by Gasteiger charge is 2.52. The molecule has 0 radical (unpaired) electrons. The summed E-state index contributed by atoms with van der Waals surface area (Å²) in [5.41, 5.74) is 22.7. The lowest BCUT2D eigenvalue weighted by Crippen LogP contribution is -2.26. The van der Waals surface area contributed by atoms with E-state index in [2.05, 4.69) is 266 Å². The molecule has 0 fully saturated rings. The van der Waals surface area contributed by atoms with E-state index in [1.165, 1.54) is 99.8 Å². The molecule has 0 amide bonds. The third-order valence-corrected chi connectivity index (χ3v) is 14.1. The van der Waals surface area contributed by atoms with Gasteiger partial charge in [-0.3, -0.25) is 0 Å². The van der Waals surface area contributed by atoms with E-state index < -0.39 is 5.41 Å². The first-order valence-electron chi connectivity index (χ1n) is 22.9. The third kappa shape index (κ3) is 5.67. The van der Waals surface area contributed by atoms with Gasteiger partial charge in [-0.05, 0) is 113 Å². The van der Waals surface area contributed by atoms with Crippen molar-refractivity contribution in [2.45, 2.75) is 5.41 Å². The van der Waals surface area contributed by atoms with Gasteiger partial charge in [0.1, 0.15) is 0 Å². The molecule has 0 heterocycles. The summed E-state index contributed by atoms with van der Waals surface area (Å²) in [6.45, 7) is 0. The highest BCUT2D eigenvalue weighted by molar-refractivity contribution is 6.06.